The third-order valence-electron chi connectivity index (χ3n) is 2.58. The first-order valence-corrected chi connectivity index (χ1v) is 5.50. The lowest BCUT2D eigenvalue weighted by molar-refractivity contribution is 0.0691. The van der Waals surface area contributed by atoms with Gasteiger partial charge >= 0.3 is 5.97 Å². The number of aryl methyl sites for hydroxylation is 2. The summed E-state index contributed by atoms with van der Waals surface area (Å²) in [6, 6.07) is 1.73. The van der Waals surface area contributed by atoms with Gasteiger partial charge in [0.25, 0.3) is 0 Å². The summed E-state index contributed by atoms with van der Waals surface area (Å²) in [5.41, 5.74) is 6.49. The molecule has 0 saturated carbocycles. The topological polar surface area (TPSA) is 112 Å². The quantitative estimate of drug-likeness (QED) is 0.755. The lowest BCUT2D eigenvalue weighted by atomic mass is 10.2. The molecule has 0 atom stereocenters. The van der Waals surface area contributed by atoms with Gasteiger partial charge in [-0.25, -0.2) is 9.48 Å². The Labute approximate surface area is 103 Å². The number of nitrogens with two attached hydrogens (primary N) is 1. The zero-order chi connectivity index (χ0) is 13.1. The van der Waals surface area contributed by atoms with E-state index < -0.39 is 5.97 Å². The average molecular weight is 250 g/mol. The Morgan fingerprint density at radius 3 is 2.89 bits per heavy atom. The van der Waals surface area contributed by atoms with Gasteiger partial charge in [-0.3, -0.25) is 4.68 Å². The number of nitrogens with zero attached hydrogens (tertiary/aromatic N) is 5. The molecule has 8 nitrogen and oxygen atoms in total. The molecule has 0 spiro atoms. The molecule has 0 aliphatic carbocycles. The number of rotatable bonds is 5. The van der Waals surface area contributed by atoms with E-state index in [4.69, 9.17) is 10.8 Å². The maximum absolute atomic E-state index is 11.1. The minimum atomic E-state index is -1.11. The van der Waals surface area contributed by atoms with Crippen LogP contribution in [0.25, 0.3) is 11.4 Å². The van der Waals surface area contributed by atoms with E-state index in [0.29, 0.717) is 30.9 Å². The van der Waals surface area contributed by atoms with Crippen LogP contribution in [0.4, 0.5) is 0 Å². The first kappa shape index (κ1) is 12.2. The van der Waals surface area contributed by atoms with E-state index in [9.17, 15) is 4.79 Å². The van der Waals surface area contributed by atoms with Gasteiger partial charge in [-0.1, -0.05) is 5.21 Å². The predicted octanol–water partition coefficient (Wildman–Crippen LogP) is -0.274. The number of aromatic nitrogens is 5. The highest BCUT2D eigenvalue weighted by Crippen LogP contribution is 2.21. The van der Waals surface area contributed by atoms with Crippen molar-refractivity contribution in [3.05, 3.63) is 18.0 Å². The van der Waals surface area contributed by atoms with Crippen molar-refractivity contribution in [1.29, 1.82) is 0 Å². The zero-order valence-corrected chi connectivity index (χ0v) is 9.94. The molecule has 0 radical (unpaired) electrons. The van der Waals surface area contributed by atoms with Gasteiger partial charge < -0.3 is 10.8 Å². The van der Waals surface area contributed by atoms with Gasteiger partial charge in [0.15, 0.2) is 5.69 Å². The summed E-state index contributed by atoms with van der Waals surface area (Å²) < 4.78 is 3.14. The SMILES string of the molecule is Cn1nccc1-c1c(C(=O)O)nnn1CCCN. The molecule has 0 aromatic carbocycles. The van der Waals surface area contributed by atoms with Crippen molar-refractivity contribution in [2.24, 2.45) is 12.8 Å². The maximum atomic E-state index is 11.1. The predicted molar refractivity (Wildman–Crippen MR) is 62.9 cm³/mol. The number of hydrogen-bond acceptors (Lipinski definition) is 5. The lowest BCUT2D eigenvalue weighted by Gasteiger charge is -2.06. The van der Waals surface area contributed by atoms with Crippen LogP contribution in [0.5, 0.6) is 0 Å². The van der Waals surface area contributed by atoms with Crippen molar-refractivity contribution in [3.8, 4) is 11.4 Å². The van der Waals surface area contributed by atoms with Crippen LogP contribution < -0.4 is 5.73 Å². The van der Waals surface area contributed by atoms with E-state index >= 15 is 0 Å². The maximum Gasteiger partial charge on any atom is 0.358 e. The van der Waals surface area contributed by atoms with Gasteiger partial charge in [-0.2, -0.15) is 5.10 Å². The van der Waals surface area contributed by atoms with Gasteiger partial charge in [-0.05, 0) is 19.0 Å². The van der Waals surface area contributed by atoms with Crippen LogP contribution in [0, 0.1) is 0 Å². The van der Waals surface area contributed by atoms with Crippen LogP contribution >= 0.6 is 0 Å². The lowest BCUT2D eigenvalue weighted by Crippen LogP contribution is -2.10. The average Bonchev–Trinajstić information content (AvgIpc) is 2.91. The summed E-state index contributed by atoms with van der Waals surface area (Å²) in [4.78, 5) is 11.1. The molecular formula is C10H14N6O2. The molecule has 2 aromatic rings. The Kier molecular flexibility index (Phi) is 3.38. The molecule has 0 unspecified atom stereocenters. The molecule has 2 heterocycles. The third-order valence-corrected chi connectivity index (χ3v) is 2.58. The third kappa shape index (κ3) is 2.09. The largest absolute Gasteiger partial charge is 0.476 e. The summed E-state index contributed by atoms with van der Waals surface area (Å²) in [5.74, 6) is -1.11. The molecule has 18 heavy (non-hydrogen) atoms. The van der Waals surface area contributed by atoms with E-state index in [2.05, 4.69) is 15.4 Å². The molecule has 0 aliphatic rings. The van der Waals surface area contributed by atoms with Crippen LogP contribution in [-0.2, 0) is 13.6 Å². The molecule has 96 valence electrons. The van der Waals surface area contributed by atoms with Crippen molar-refractivity contribution < 1.29 is 9.90 Å². The van der Waals surface area contributed by atoms with E-state index in [1.54, 1.807) is 28.7 Å². The molecule has 0 fully saturated rings. The van der Waals surface area contributed by atoms with E-state index in [0.717, 1.165) is 0 Å². The van der Waals surface area contributed by atoms with Crippen LogP contribution in [0.1, 0.15) is 16.9 Å². The van der Waals surface area contributed by atoms with Gasteiger partial charge in [0.1, 0.15) is 5.69 Å². The van der Waals surface area contributed by atoms with Crippen LogP contribution in [-0.4, -0.2) is 42.4 Å². The molecular weight excluding hydrogens is 236 g/mol. The van der Waals surface area contributed by atoms with Gasteiger partial charge in [0.05, 0.1) is 5.69 Å². The zero-order valence-electron chi connectivity index (χ0n) is 9.94. The molecule has 0 bridgehead atoms. The summed E-state index contributed by atoms with van der Waals surface area (Å²) in [6.07, 6.45) is 2.30. The van der Waals surface area contributed by atoms with Crippen molar-refractivity contribution in [2.45, 2.75) is 13.0 Å². The van der Waals surface area contributed by atoms with Gasteiger partial charge in [-0.15, -0.1) is 5.10 Å². The van der Waals surface area contributed by atoms with E-state index in [1.165, 1.54) is 0 Å². The first-order valence-electron chi connectivity index (χ1n) is 5.50. The summed E-state index contributed by atoms with van der Waals surface area (Å²) in [6.45, 7) is 1.03. The minimum absolute atomic E-state index is 0.0735. The van der Waals surface area contributed by atoms with Crippen molar-refractivity contribution in [3.63, 3.8) is 0 Å². The standard InChI is InChI=1S/C10H14N6O2/c1-15-7(3-5-12-15)9-8(10(17)18)13-14-16(9)6-2-4-11/h3,5H,2,4,6,11H2,1H3,(H,17,18). The number of carboxylic acid groups (broad SMARTS) is 1. The van der Waals surface area contributed by atoms with Crippen LogP contribution in [0.15, 0.2) is 12.3 Å². The highest BCUT2D eigenvalue weighted by Gasteiger charge is 2.22. The number of hydrogen-bond donors (Lipinski definition) is 2. The molecule has 2 aromatic heterocycles. The second-order valence-corrected chi connectivity index (χ2v) is 3.80. The normalized spacial score (nSPS) is 10.8. The van der Waals surface area contributed by atoms with Crippen LogP contribution in [0.3, 0.4) is 0 Å². The van der Waals surface area contributed by atoms with Gasteiger partial charge in [0, 0.05) is 19.8 Å². The second-order valence-electron chi connectivity index (χ2n) is 3.80. The molecule has 3 N–H and O–H groups in total. The molecule has 0 saturated heterocycles. The fourth-order valence-electron chi connectivity index (χ4n) is 1.71. The van der Waals surface area contributed by atoms with Gasteiger partial charge in [0.2, 0.25) is 0 Å². The molecule has 8 heteroatoms. The van der Waals surface area contributed by atoms with Crippen molar-refractivity contribution in [1.82, 2.24) is 24.8 Å². The number of carboxylic acids is 1. The Bertz CT molecular complexity index is 558. The molecule has 2 rings (SSSR count). The number of aromatic carboxylic acids is 1. The summed E-state index contributed by atoms with van der Waals surface area (Å²) in [7, 11) is 1.74. The molecule has 0 amide bonds. The minimum Gasteiger partial charge on any atom is -0.476 e. The second kappa shape index (κ2) is 4.96. The highest BCUT2D eigenvalue weighted by atomic mass is 16.4. The Hall–Kier alpha value is -2.22. The molecule has 0 aliphatic heterocycles. The van der Waals surface area contributed by atoms with E-state index in [-0.39, 0.29) is 5.69 Å². The Morgan fingerprint density at radius 2 is 2.33 bits per heavy atom. The Morgan fingerprint density at radius 1 is 1.56 bits per heavy atom. The summed E-state index contributed by atoms with van der Waals surface area (Å²) >= 11 is 0. The fourth-order valence-corrected chi connectivity index (χ4v) is 1.71. The van der Waals surface area contributed by atoms with Crippen molar-refractivity contribution in [2.75, 3.05) is 6.54 Å². The monoisotopic (exact) mass is 250 g/mol. The number of carbonyl (C=O) groups is 1. The highest BCUT2D eigenvalue weighted by molar-refractivity contribution is 5.92. The smallest absolute Gasteiger partial charge is 0.358 e. The first-order chi connectivity index (χ1) is 8.65. The summed E-state index contributed by atoms with van der Waals surface area (Å²) in [5, 5.41) is 20.7. The van der Waals surface area contributed by atoms with E-state index in [1.807, 2.05) is 0 Å². The van der Waals surface area contributed by atoms with Crippen LogP contribution in [0.2, 0.25) is 0 Å². The Balaban J connectivity index is 2.50. The fraction of sp³-hybridized carbons (Fsp3) is 0.400. The van der Waals surface area contributed by atoms with Crippen molar-refractivity contribution >= 4 is 5.97 Å².